The Bertz CT molecular complexity index is 257. The monoisotopic (exact) mass is 255 g/mol. The molecule has 0 aromatic carbocycles. The van der Waals surface area contributed by atoms with Crippen molar-refractivity contribution in [2.45, 2.75) is 64.5 Å². The lowest BCUT2D eigenvalue weighted by atomic mass is 9.73. The molecule has 0 spiro atoms. The molecule has 0 radical (unpaired) electrons. The summed E-state index contributed by atoms with van der Waals surface area (Å²) in [5.41, 5.74) is 0.533. The van der Waals surface area contributed by atoms with Gasteiger partial charge in [-0.25, -0.2) is 0 Å². The molecule has 2 rings (SSSR count). The van der Waals surface area contributed by atoms with Crippen molar-refractivity contribution >= 4 is 0 Å². The average Bonchev–Trinajstić information content (AvgIpc) is 2.34. The highest BCUT2D eigenvalue weighted by atomic mass is 16.3. The topological polar surface area (TPSA) is 43.7 Å². The smallest absolute Gasteiger partial charge is 0.0587 e. The molecular weight excluding hydrogens is 226 g/mol. The summed E-state index contributed by atoms with van der Waals surface area (Å²) in [6, 6.07) is 0.184. The van der Waals surface area contributed by atoms with E-state index >= 15 is 0 Å². The largest absolute Gasteiger partial charge is 0.395 e. The SMILES string of the molecule is CC1(C)CCC(CN2CCC(O)CC2CO)CC1. The molecule has 3 heteroatoms. The second kappa shape index (κ2) is 5.89. The van der Waals surface area contributed by atoms with Crippen LogP contribution in [0.1, 0.15) is 52.4 Å². The van der Waals surface area contributed by atoms with Crippen molar-refractivity contribution in [1.29, 1.82) is 0 Å². The first-order valence-corrected chi connectivity index (χ1v) is 7.53. The van der Waals surface area contributed by atoms with Crippen LogP contribution in [-0.2, 0) is 0 Å². The summed E-state index contributed by atoms with van der Waals surface area (Å²) < 4.78 is 0. The van der Waals surface area contributed by atoms with E-state index in [1.807, 2.05) is 0 Å². The lowest BCUT2D eigenvalue weighted by Crippen LogP contribution is -2.48. The van der Waals surface area contributed by atoms with Gasteiger partial charge in [-0.2, -0.15) is 0 Å². The number of aliphatic hydroxyl groups excluding tert-OH is 2. The van der Waals surface area contributed by atoms with Crippen molar-refractivity contribution in [2.75, 3.05) is 19.7 Å². The lowest BCUT2D eigenvalue weighted by molar-refractivity contribution is 0.00349. The Morgan fingerprint density at radius 3 is 2.44 bits per heavy atom. The third-order valence-corrected chi connectivity index (χ3v) is 4.97. The highest BCUT2D eigenvalue weighted by Crippen LogP contribution is 2.38. The Balaban J connectivity index is 1.82. The van der Waals surface area contributed by atoms with Crippen molar-refractivity contribution < 1.29 is 10.2 Å². The molecule has 1 saturated carbocycles. The predicted octanol–water partition coefficient (Wildman–Crippen LogP) is 2.02. The van der Waals surface area contributed by atoms with Crippen LogP contribution in [0.15, 0.2) is 0 Å². The standard InChI is InChI=1S/C15H29NO2/c1-15(2)6-3-12(4-7-15)10-16-8-5-14(18)9-13(16)11-17/h12-14,17-18H,3-11H2,1-2H3. The van der Waals surface area contributed by atoms with E-state index in [2.05, 4.69) is 18.7 Å². The van der Waals surface area contributed by atoms with Gasteiger partial charge in [-0.05, 0) is 49.9 Å². The number of hydrogen-bond acceptors (Lipinski definition) is 3. The highest BCUT2D eigenvalue weighted by molar-refractivity contribution is 4.85. The van der Waals surface area contributed by atoms with Crippen LogP contribution in [0, 0.1) is 11.3 Å². The van der Waals surface area contributed by atoms with E-state index in [-0.39, 0.29) is 18.8 Å². The average molecular weight is 255 g/mol. The van der Waals surface area contributed by atoms with Gasteiger partial charge in [0.15, 0.2) is 0 Å². The first kappa shape index (κ1) is 14.3. The maximum absolute atomic E-state index is 9.67. The summed E-state index contributed by atoms with van der Waals surface area (Å²) in [6.07, 6.45) is 6.72. The second-order valence-corrected chi connectivity index (χ2v) is 7.12. The van der Waals surface area contributed by atoms with Crippen LogP contribution < -0.4 is 0 Å². The van der Waals surface area contributed by atoms with E-state index in [1.54, 1.807) is 0 Å². The summed E-state index contributed by atoms with van der Waals surface area (Å²) >= 11 is 0. The molecule has 2 N–H and O–H groups in total. The summed E-state index contributed by atoms with van der Waals surface area (Å²) in [5.74, 6) is 0.794. The minimum Gasteiger partial charge on any atom is -0.395 e. The molecular formula is C15H29NO2. The fourth-order valence-electron chi connectivity index (χ4n) is 3.48. The molecule has 2 fully saturated rings. The minimum atomic E-state index is -0.205. The lowest BCUT2D eigenvalue weighted by Gasteiger charge is -2.41. The third-order valence-electron chi connectivity index (χ3n) is 4.97. The molecule has 1 aliphatic carbocycles. The fraction of sp³-hybridized carbons (Fsp3) is 1.00. The maximum Gasteiger partial charge on any atom is 0.0587 e. The molecule has 0 amide bonds. The van der Waals surface area contributed by atoms with Gasteiger partial charge in [0.05, 0.1) is 12.7 Å². The Morgan fingerprint density at radius 2 is 1.83 bits per heavy atom. The third kappa shape index (κ3) is 3.69. The minimum absolute atomic E-state index is 0.184. The van der Waals surface area contributed by atoms with E-state index in [0.29, 0.717) is 5.41 Å². The zero-order chi connectivity index (χ0) is 13.2. The zero-order valence-corrected chi connectivity index (χ0v) is 11.9. The Labute approximate surface area is 111 Å². The Kier molecular flexibility index (Phi) is 4.68. The molecule has 18 heavy (non-hydrogen) atoms. The first-order chi connectivity index (χ1) is 8.50. The van der Waals surface area contributed by atoms with Gasteiger partial charge in [0.2, 0.25) is 0 Å². The van der Waals surface area contributed by atoms with Crippen molar-refractivity contribution in [1.82, 2.24) is 4.90 Å². The molecule has 2 unspecified atom stereocenters. The quantitative estimate of drug-likeness (QED) is 0.811. The summed E-state index contributed by atoms with van der Waals surface area (Å²) in [6.45, 7) is 7.00. The summed E-state index contributed by atoms with van der Waals surface area (Å²) in [5, 5.41) is 19.1. The van der Waals surface area contributed by atoms with Crippen LogP contribution in [-0.4, -0.2) is 47.0 Å². The van der Waals surface area contributed by atoms with Crippen LogP contribution in [0.2, 0.25) is 0 Å². The molecule has 0 aromatic rings. The second-order valence-electron chi connectivity index (χ2n) is 7.12. The molecule has 3 nitrogen and oxygen atoms in total. The highest BCUT2D eigenvalue weighted by Gasteiger charge is 2.31. The van der Waals surface area contributed by atoms with Crippen LogP contribution in [0.4, 0.5) is 0 Å². The van der Waals surface area contributed by atoms with E-state index in [0.717, 1.165) is 31.8 Å². The normalized spacial score (nSPS) is 34.7. The molecule has 1 aliphatic heterocycles. The fourth-order valence-corrected chi connectivity index (χ4v) is 3.48. The van der Waals surface area contributed by atoms with Gasteiger partial charge in [-0.1, -0.05) is 13.8 Å². The predicted molar refractivity (Wildman–Crippen MR) is 73.4 cm³/mol. The molecule has 2 aliphatic rings. The van der Waals surface area contributed by atoms with Crippen molar-refractivity contribution in [3.8, 4) is 0 Å². The molecule has 0 bridgehead atoms. The van der Waals surface area contributed by atoms with Crippen molar-refractivity contribution in [2.24, 2.45) is 11.3 Å². The van der Waals surface area contributed by atoms with E-state index < -0.39 is 0 Å². The first-order valence-electron chi connectivity index (χ1n) is 7.53. The van der Waals surface area contributed by atoms with Crippen molar-refractivity contribution in [3.05, 3.63) is 0 Å². The van der Waals surface area contributed by atoms with Gasteiger partial charge in [0.1, 0.15) is 0 Å². The number of aliphatic hydroxyl groups is 2. The molecule has 106 valence electrons. The molecule has 2 atom stereocenters. The van der Waals surface area contributed by atoms with Crippen LogP contribution in [0.25, 0.3) is 0 Å². The number of hydrogen-bond donors (Lipinski definition) is 2. The van der Waals surface area contributed by atoms with E-state index in [4.69, 9.17) is 0 Å². The number of piperidine rings is 1. The van der Waals surface area contributed by atoms with E-state index in [1.165, 1.54) is 25.7 Å². The van der Waals surface area contributed by atoms with Crippen LogP contribution >= 0.6 is 0 Å². The van der Waals surface area contributed by atoms with Crippen molar-refractivity contribution in [3.63, 3.8) is 0 Å². The van der Waals surface area contributed by atoms with Crippen LogP contribution in [0.5, 0.6) is 0 Å². The van der Waals surface area contributed by atoms with Gasteiger partial charge in [0.25, 0.3) is 0 Å². The molecule has 0 aromatic heterocycles. The number of rotatable bonds is 3. The summed E-state index contributed by atoms with van der Waals surface area (Å²) in [7, 11) is 0. The van der Waals surface area contributed by atoms with Gasteiger partial charge in [-0.15, -0.1) is 0 Å². The van der Waals surface area contributed by atoms with Gasteiger partial charge < -0.3 is 10.2 Å². The zero-order valence-electron chi connectivity index (χ0n) is 11.9. The number of nitrogens with zero attached hydrogens (tertiary/aromatic N) is 1. The van der Waals surface area contributed by atoms with Crippen LogP contribution in [0.3, 0.4) is 0 Å². The van der Waals surface area contributed by atoms with E-state index in [9.17, 15) is 10.2 Å². The molecule has 1 saturated heterocycles. The molecule has 1 heterocycles. The van der Waals surface area contributed by atoms with Gasteiger partial charge >= 0.3 is 0 Å². The maximum atomic E-state index is 9.67. The Morgan fingerprint density at radius 1 is 1.17 bits per heavy atom. The van der Waals surface area contributed by atoms with Gasteiger partial charge in [0, 0.05) is 19.1 Å². The number of likely N-dealkylation sites (tertiary alicyclic amines) is 1. The summed E-state index contributed by atoms with van der Waals surface area (Å²) in [4.78, 5) is 2.41. The van der Waals surface area contributed by atoms with Gasteiger partial charge in [-0.3, -0.25) is 4.90 Å². The Hall–Kier alpha value is -0.120.